The summed E-state index contributed by atoms with van der Waals surface area (Å²) in [5.74, 6) is 0.855. The summed E-state index contributed by atoms with van der Waals surface area (Å²) < 4.78 is 6.02. The molecule has 5 heteroatoms. The summed E-state index contributed by atoms with van der Waals surface area (Å²) in [4.78, 5) is 0. The number of ether oxygens (including phenoxy) is 1. The fourth-order valence-corrected chi connectivity index (χ4v) is 2.63. The maximum Gasteiger partial charge on any atom is 0.131 e. The molecule has 1 aliphatic heterocycles. The number of nitrogens with one attached hydrogen (secondary N) is 2. The van der Waals surface area contributed by atoms with Crippen LogP contribution in [0.3, 0.4) is 0 Å². The van der Waals surface area contributed by atoms with Crippen molar-refractivity contribution in [3.63, 3.8) is 0 Å². The molecule has 0 radical (unpaired) electrons. The summed E-state index contributed by atoms with van der Waals surface area (Å²) in [5.41, 5.74) is 9.05. The SMILES string of the molecule is N=Cc1c(N)cc(-c2ccc(O)cc2)cc1O[C@H]1CCNC1. The summed E-state index contributed by atoms with van der Waals surface area (Å²) >= 11 is 0. The Hall–Kier alpha value is -2.53. The van der Waals surface area contributed by atoms with E-state index in [0.29, 0.717) is 17.0 Å². The number of phenols is 1. The van der Waals surface area contributed by atoms with Crippen LogP contribution in [0.1, 0.15) is 12.0 Å². The summed E-state index contributed by atoms with van der Waals surface area (Å²) in [6.45, 7) is 1.75. The molecule has 2 aromatic carbocycles. The van der Waals surface area contributed by atoms with Crippen molar-refractivity contribution in [3.8, 4) is 22.6 Å². The third-order valence-corrected chi connectivity index (χ3v) is 3.83. The lowest BCUT2D eigenvalue weighted by molar-refractivity contribution is 0.223. The molecule has 0 bridgehead atoms. The average Bonchev–Trinajstić information content (AvgIpc) is 3.01. The third-order valence-electron chi connectivity index (χ3n) is 3.83. The van der Waals surface area contributed by atoms with E-state index in [1.54, 1.807) is 12.1 Å². The number of nitrogens with two attached hydrogens (primary N) is 1. The molecule has 5 nitrogen and oxygen atoms in total. The third kappa shape index (κ3) is 2.89. The van der Waals surface area contributed by atoms with E-state index in [1.165, 1.54) is 6.21 Å². The number of rotatable bonds is 4. The first-order chi connectivity index (χ1) is 10.7. The highest BCUT2D eigenvalue weighted by atomic mass is 16.5. The molecule has 1 heterocycles. The Morgan fingerprint density at radius 1 is 1.23 bits per heavy atom. The average molecular weight is 297 g/mol. The van der Waals surface area contributed by atoms with E-state index in [4.69, 9.17) is 15.9 Å². The van der Waals surface area contributed by atoms with Crippen molar-refractivity contribution in [2.45, 2.75) is 12.5 Å². The fraction of sp³-hybridized carbons (Fsp3) is 0.235. The van der Waals surface area contributed by atoms with Gasteiger partial charge in [0.05, 0.1) is 5.56 Å². The normalized spacial score (nSPS) is 17.4. The molecule has 2 aromatic rings. The van der Waals surface area contributed by atoms with Gasteiger partial charge in [0.25, 0.3) is 0 Å². The summed E-state index contributed by atoms with van der Waals surface area (Å²) in [6.07, 6.45) is 2.28. The van der Waals surface area contributed by atoms with Gasteiger partial charge in [-0.15, -0.1) is 0 Å². The van der Waals surface area contributed by atoms with Gasteiger partial charge in [-0.05, 0) is 48.4 Å². The van der Waals surface area contributed by atoms with Crippen LogP contribution in [-0.2, 0) is 0 Å². The van der Waals surface area contributed by atoms with Crippen LogP contribution in [0.15, 0.2) is 36.4 Å². The molecule has 0 unspecified atom stereocenters. The molecule has 0 spiro atoms. The second-order valence-corrected chi connectivity index (χ2v) is 5.40. The van der Waals surface area contributed by atoms with Crippen molar-refractivity contribution in [2.24, 2.45) is 0 Å². The zero-order chi connectivity index (χ0) is 15.5. The minimum atomic E-state index is 0.105. The Kier molecular flexibility index (Phi) is 3.98. The predicted molar refractivity (Wildman–Crippen MR) is 87.7 cm³/mol. The zero-order valence-electron chi connectivity index (χ0n) is 12.2. The van der Waals surface area contributed by atoms with Gasteiger partial charge in [0, 0.05) is 18.4 Å². The maximum absolute atomic E-state index is 9.40. The van der Waals surface area contributed by atoms with Crippen LogP contribution in [0.5, 0.6) is 11.5 Å². The van der Waals surface area contributed by atoms with Crippen molar-refractivity contribution in [1.82, 2.24) is 5.32 Å². The number of nitrogen functional groups attached to an aromatic ring is 1. The molecule has 1 atom stereocenters. The highest BCUT2D eigenvalue weighted by Gasteiger charge is 2.19. The van der Waals surface area contributed by atoms with Gasteiger partial charge in [-0.2, -0.15) is 0 Å². The van der Waals surface area contributed by atoms with Gasteiger partial charge in [-0.1, -0.05) is 12.1 Å². The standard InChI is InChI=1S/C17H19N3O2/c18-9-15-16(19)7-12(11-1-3-13(21)4-2-11)8-17(15)22-14-5-6-20-10-14/h1-4,7-9,14,18,20-21H,5-6,10,19H2/t14-/m0/s1. The highest BCUT2D eigenvalue weighted by Crippen LogP contribution is 2.33. The first-order valence-electron chi connectivity index (χ1n) is 7.28. The van der Waals surface area contributed by atoms with Crippen molar-refractivity contribution in [2.75, 3.05) is 18.8 Å². The lowest BCUT2D eigenvalue weighted by Crippen LogP contribution is -2.20. The number of hydrogen-bond donors (Lipinski definition) is 4. The smallest absolute Gasteiger partial charge is 0.131 e. The van der Waals surface area contributed by atoms with Gasteiger partial charge in [-0.25, -0.2) is 0 Å². The molecule has 1 fully saturated rings. The van der Waals surface area contributed by atoms with Gasteiger partial charge in [0.2, 0.25) is 0 Å². The largest absolute Gasteiger partial charge is 0.508 e. The summed E-state index contributed by atoms with van der Waals surface area (Å²) in [7, 11) is 0. The Morgan fingerprint density at radius 3 is 2.64 bits per heavy atom. The maximum atomic E-state index is 9.40. The van der Waals surface area contributed by atoms with E-state index in [1.807, 2.05) is 24.3 Å². The van der Waals surface area contributed by atoms with E-state index in [0.717, 1.165) is 30.6 Å². The number of aromatic hydroxyl groups is 1. The van der Waals surface area contributed by atoms with Crippen molar-refractivity contribution in [1.29, 1.82) is 5.41 Å². The van der Waals surface area contributed by atoms with Crippen LogP contribution in [0.2, 0.25) is 0 Å². The Balaban J connectivity index is 1.99. The quantitative estimate of drug-likeness (QED) is 0.515. The van der Waals surface area contributed by atoms with Crippen molar-refractivity contribution in [3.05, 3.63) is 42.0 Å². The first kappa shape index (κ1) is 14.4. The molecular formula is C17H19N3O2. The lowest BCUT2D eigenvalue weighted by Gasteiger charge is -2.17. The van der Waals surface area contributed by atoms with Crippen LogP contribution in [0, 0.1) is 5.41 Å². The van der Waals surface area contributed by atoms with E-state index in [9.17, 15) is 5.11 Å². The Labute approximate surface area is 129 Å². The van der Waals surface area contributed by atoms with E-state index in [2.05, 4.69) is 5.32 Å². The molecule has 0 amide bonds. The van der Waals surface area contributed by atoms with Crippen LogP contribution in [-0.4, -0.2) is 30.5 Å². The van der Waals surface area contributed by atoms with Crippen LogP contribution in [0.25, 0.3) is 11.1 Å². The fourth-order valence-electron chi connectivity index (χ4n) is 2.63. The van der Waals surface area contributed by atoms with E-state index < -0.39 is 0 Å². The second-order valence-electron chi connectivity index (χ2n) is 5.40. The Morgan fingerprint density at radius 2 is 2.00 bits per heavy atom. The predicted octanol–water partition coefficient (Wildman–Crippen LogP) is 2.38. The van der Waals surface area contributed by atoms with Gasteiger partial charge in [-0.3, -0.25) is 0 Å². The number of anilines is 1. The highest BCUT2D eigenvalue weighted by molar-refractivity contribution is 5.91. The Bertz CT molecular complexity index is 677. The van der Waals surface area contributed by atoms with Crippen molar-refractivity contribution >= 4 is 11.9 Å². The summed E-state index contributed by atoms with van der Waals surface area (Å²) in [6, 6.07) is 10.7. The van der Waals surface area contributed by atoms with Gasteiger partial charge < -0.3 is 26.3 Å². The second kappa shape index (κ2) is 6.07. The molecule has 3 rings (SSSR count). The van der Waals surface area contributed by atoms with Gasteiger partial charge >= 0.3 is 0 Å². The van der Waals surface area contributed by atoms with Crippen LogP contribution < -0.4 is 15.8 Å². The van der Waals surface area contributed by atoms with Crippen LogP contribution in [0.4, 0.5) is 5.69 Å². The lowest BCUT2D eigenvalue weighted by atomic mass is 10.0. The molecule has 114 valence electrons. The van der Waals surface area contributed by atoms with E-state index >= 15 is 0 Å². The van der Waals surface area contributed by atoms with Gasteiger partial charge in [0.15, 0.2) is 0 Å². The zero-order valence-corrected chi connectivity index (χ0v) is 12.2. The first-order valence-corrected chi connectivity index (χ1v) is 7.28. The minimum Gasteiger partial charge on any atom is -0.508 e. The number of phenolic OH excluding ortho intramolecular Hbond substituents is 1. The molecule has 1 aliphatic rings. The number of hydrogen-bond acceptors (Lipinski definition) is 5. The monoisotopic (exact) mass is 297 g/mol. The topological polar surface area (TPSA) is 91.4 Å². The summed E-state index contributed by atoms with van der Waals surface area (Å²) in [5, 5.41) is 20.2. The molecule has 0 saturated carbocycles. The minimum absolute atomic E-state index is 0.105. The van der Waals surface area contributed by atoms with Crippen molar-refractivity contribution < 1.29 is 9.84 Å². The molecule has 5 N–H and O–H groups in total. The van der Waals surface area contributed by atoms with Crippen LogP contribution >= 0.6 is 0 Å². The molecular weight excluding hydrogens is 278 g/mol. The van der Waals surface area contributed by atoms with E-state index in [-0.39, 0.29) is 11.9 Å². The molecule has 1 saturated heterocycles. The molecule has 0 aliphatic carbocycles. The van der Waals surface area contributed by atoms with Gasteiger partial charge in [0.1, 0.15) is 17.6 Å². The number of benzene rings is 2. The molecule has 0 aromatic heterocycles. The molecule has 22 heavy (non-hydrogen) atoms.